The van der Waals surface area contributed by atoms with Gasteiger partial charge in [-0.05, 0) is 16.7 Å². The molecule has 3 heteroatoms. The van der Waals surface area contributed by atoms with Gasteiger partial charge in [-0.3, -0.25) is 4.79 Å². The van der Waals surface area contributed by atoms with Gasteiger partial charge >= 0.3 is 0 Å². The van der Waals surface area contributed by atoms with Crippen molar-refractivity contribution in [2.75, 3.05) is 0 Å². The van der Waals surface area contributed by atoms with Crippen molar-refractivity contribution in [2.45, 2.75) is 18.6 Å². The Balaban J connectivity index is 1.80. The molecule has 0 unspecified atom stereocenters. The van der Waals surface area contributed by atoms with E-state index in [2.05, 4.69) is 5.32 Å². The zero-order chi connectivity index (χ0) is 17.5. The van der Waals surface area contributed by atoms with Crippen LogP contribution < -0.4 is 5.32 Å². The first-order valence-corrected chi connectivity index (χ1v) is 8.35. The van der Waals surface area contributed by atoms with Gasteiger partial charge in [0.1, 0.15) is 6.10 Å². The van der Waals surface area contributed by atoms with Crippen LogP contribution in [0.4, 0.5) is 0 Å². The number of carbonyl (C=O) groups excluding carboxylic acids is 1. The SMILES string of the molecule is O=C(Cc1ccccc1)N[C@H](c1ccccc1)[C@H](O)c1ccccc1. The first kappa shape index (κ1) is 16.9. The minimum atomic E-state index is -0.816. The van der Waals surface area contributed by atoms with Crippen LogP contribution in [0.15, 0.2) is 91.0 Å². The lowest BCUT2D eigenvalue weighted by Gasteiger charge is -2.25. The van der Waals surface area contributed by atoms with Crippen molar-refractivity contribution in [2.24, 2.45) is 0 Å². The van der Waals surface area contributed by atoms with Gasteiger partial charge in [0.15, 0.2) is 0 Å². The number of nitrogens with one attached hydrogen (secondary N) is 1. The number of hydrogen-bond acceptors (Lipinski definition) is 2. The minimum Gasteiger partial charge on any atom is -0.386 e. The van der Waals surface area contributed by atoms with Crippen LogP contribution in [-0.4, -0.2) is 11.0 Å². The number of benzene rings is 3. The van der Waals surface area contributed by atoms with Crippen LogP contribution in [0.25, 0.3) is 0 Å². The molecule has 3 nitrogen and oxygen atoms in total. The number of carbonyl (C=O) groups is 1. The van der Waals surface area contributed by atoms with Gasteiger partial charge in [0.25, 0.3) is 0 Å². The molecular weight excluding hydrogens is 310 g/mol. The summed E-state index contributed by atoms with van der Waals surface area (Å²) in [5, 5.41) is 13.8. The summed E-state index contributed by atoms with van der Waals surface area (Å²) in [6.07, 6.45) is -0.533. The average molecular weight is 331 g/mol. The molecule has 25 heavy (non-hydrogen) atoms. The van der Waals surface area contributed by atoms with Gasteiger partial charge in [-0.25, -0.2) is 0 Å². The van der Waals surface area contributed by atoms with Crippen LogP contribution in [0.3, 0.4) is 0 Å². The van der Waals surface area contributed by atoms with Crippen molar-refractivity contribution in [3.8, 4) is 0 Å². The topological polar surface area (TPSA) is 49.3 Å². The zero-order valence-corrected chi connectivity index (χ0v) is 13.9. The van der Waals surface area contributed by atoms with Crippen LogP contribution in [0.2, 0.25) is 0 Å². The normalized spacial score (nSPS) is 13.0. The highest BCUT2D eigenvalue weighted by Gasteiger charge is 2.24. The van der Waals surface area contributed by atoms with Gasteiger partial charge < -0.3 is 10.4 Å². The summed E-state index contributed by atoms with van der Waals surface area (Å²) in [4.78, 5) is 12.5. The van der Waals surface area contributed by atoms with E-state index < -0.39 is 12.1 Å². The van der Waals surface area contributed by atoms with Crippen molar-refractivity contribution >= 4 is 5.91 Å². The summed E-state index contributed by atoms with van der Waals surface area (Å²) in [6, 6.07) is 28.1. The van der Waals surface area contributed by atoms with Crippen molar-refractivity contribution in [3.63, 3.8) is 0 Å². The number of hydrogen-bond donors (Lipinski definition) is 2. The van der Waals surface area contributed by atoms with E-state index in [0.717, 1.165) is 16.7 Å². The molecule has 0 aliphatic rings. The summed E-state index contributed by atoms with van der Waals surface area (Å²) < 4.78 is 0. The second-order valence-corrected chi connectivity index (χ2v) is 5.97. The van der Waals surface area contributed by atoms with Crippen LogP contribution >= 0.6 is 0 Å². The van der Waals surface area contributed by atoms with Gasteiger partial charge in [-0.2, -0.15) is 0 Å². The monoisotopic (exact) mass is 331 g/mol. The molecule has 0 radical (unpaired) electrons. The van der Waals surface area contributed by atoms with E-state index in [1.165, 1.54) is 0 Å². The largest absolute Gasteiger partial charge is 0.386 e. The summed E-state index contributed by atoms with van der Waals surface area (Å²) in [5.74, 6) is -0.116. The number of aliphatic hydroxyl groups is 1. The Morgan fingerprint density at radius 2 is 1.24 bits per heavy atom. The van der Waals surface area contributed by atoms with Crippen molar-refractivity contribution < 1.29 is 9.90 Å². The van der Waals surface area contributed by atoms with Crippen LogP contribution in [-0.2, 0) is 11.2 Å². The lowest BCUT2D eigenvalue weighted by atomic mass is 9.95. The van der Waals surface area contributed by atoms with Gasteiger partial charge in [-0.1, -0.05) is 91.0 Å². The fourth-order valence-corrected chi connectivity index (χ4v) is 2.85. The maximum absolute atomic E-state index is 12.5. The Hall–Kier alpha value is -2.91. The van der Waals surface area contributed by atoms with E-state index in [-0.39, 0.29) is 12.3 Å². The van der Waals surface area contributed by atoms with Gasteiger partial charge in [0.05, 0.1) is 12.5 Å². The molecule has 0 aliphatic carbocycles. The molecule has 0 fully saturated rings. The fourth-order valence-electron chi connectivity index (χ4n) is 2.85. The van der Waals surface area contributed by atoms with Crippen LogP contribution in [0, 0.1) is 0 Å². The van der Waals surface area contributed by atoms with E-state index in [9.17, 15) is 9.90 Å². The lowest BCUT2D eigenvalue weighted by Crippen LogP contribution is -2.33. The van der Waals surface area contributed by atoms with Crippen molar-refractivity contribution in [1.82, 2.24) is 5.32 Å². The Bertz CT molecular complexity index is 788. The number of aliphatic hydroxyl groups excluding tert-OH is 1. The molecular formula is C22H21NO2. The van der Waals surface area contributed by atoms with Gasteiger partial charge in [0.2, 0.25) is 5.91 Å². The summed E-state index contributed by atoms with van der Waals surface area (Å²) in [5.41, 5.74) is 2.60. The third kappa shape index (κ3) is 4.55. The molecule has 0 aliphatic heterocycles. The molecule has 1 amide bonds. The predicted molar refractivity (Wildman–Crippen MR) is 98.9 cm³/mol. The molecule has 3 aromatic rings. The molecule has 3 aromatic carbocycles. The maximum atomic E-state index is 12.5. The average Bonchev–Trinajstić information content (AvgIpc) is 2.68. The van der Waals surface area contributed by atoms with E-state index in [4.69, 9.17) is 0 Å². The second kappa shape index (κ2) is 8.27. The highest BCUT2D eigenvalue weighted by molar-refractivity contribution is 5.79. The molecule has 0 saturated carbocycles. The first-order valence-electron chi connectivity index (χ1n) is 8.35. The molecule has 0 aromatic heterocycles. The third-order valence-electron chi connectivity index (χ3n) is 4.14. The molecule has 0 heterocycles. The molecule has 126 valence electrons. The van der Waals surface area contributed by atoms with Gasteiger partial charge in [0, 0.05) is 0 Å². The molecule has 2 N–H and O–H groups in total. The van der Waals surface area contributed by atoms with Crippen molar-refractivity contribution in [1.29, 1.82) is 0 Å². The van der Waals surface area contributed by atoms with E-state index >= 15 is 0 Å². The lowest BCUT2D eigenvalue weighted by molar-refractivity contribution is -0.122. The Labute approximate surface area is 148 Å². The van der Waals surface area contributed by atoms with Gasteiger partial charge in [-0.15, -0.1) is 0 Å². The highest BCUT2D eigenvalue weighted by atomic mass is 16.3. The predicted octanol–water partition coefficient (Wildman–Crippen LogP) is 3.82. The Morgan fingerprint density at radius 3 is 1.80 bits per heavy atom. The standard InChI is InChI=1S/C22H21NO2/c24-20(16-17-10-4-1-5-11-17)23-21(18-12-6-2-7-13-18)22(25)19-14-8-3-9-15-19/h1-15,21-22,25H,16H2,(H,23,24)/t21-,22-/m1/s1. The molecule has 0 spiro atoms. The summed E-state index contributed by atoms with van der Waals surface area (Å²) in [6.45, 7) is 0. The number of amides is 1. The van der Waals surface area contributed by atoms with Crippen LogP contribution in [0.5, 0.6) is 0 Å². The Kier molecular flexibility index (Phi) is 5.60. The number of rotatable bonds is 6. The van der Waals surface area contributed by atoms with E-state index in [1.807, 2.05) is 91.0 Å². The van der Waals surface area contributed by atoms with Crippen LogP contribution in [0.1, 0.15) is 28.8 Å². The Morgan fingerprint density at radius 1 is 0.760 bits per heavy atom. The molecule has 0 saturated heterocycles. The van der Waals surface area contributed by atoms with Crippen molar-refractivity contribution in [3.05, 3.63) is 108 Å². The fraction of sp³-hybridized carbons (Fsp3) is 0.136. The minimum absolute atomic E-state index is 0.116. The summed E-state index contributed by atoms with van der Waals surface area (Å²) in [7, 11) is 0. The zero-order valence-electron chi connectivity index (χ0n) is 13.9. The second-order valence-electron chi connectivity index (χ2n) is 5.97. The summed E-state index contributed by atoms with van der Waals surface area (Å²) >= 11 is 0. The molecule has 3 rings (SSSR count). The molecule has 0 bridgehead atoms. The third-order valence-corrected chi connectivity index (χ3v) is 4.14. The van der Waals surface area contributed by atoms with E-state index in [0.29, 0.717) is 0 Å². The van der Waals surface area contributed by atoms with E-state index in [1.54, 1.807) is 0 Å². The highest BCUT2D eigenvalue weighted by Crippen LogP contribution is 2.28. The quantitative estimate of drug-likeness (QED) is 0.721. The maximum Gasteiger partial charge on any atom is 0.225 e. The molecule has 2 atom stereocenters. The first-order chi connectivity index (χ1) is 12.2. The smallest absolute Gasteiger partial charge is 0.225 e.